The van der Waals surface area contributed by atoms with Crippen molar-refractivity contribution in [2.24, 2.45) is 0 Å². The van der Waals surface area contributed by atoms with Crippen LogP contribution >= 0.6 is 15.9 Å². The van der Waals surface area contributed by atoms with Crippen molar-refractivity contribution in [1.29, 1.82) is 0 Å². The van der Waals surface area contributed by atoms with Gasteiger partial charge in [0.2, 0.25) is 0 Å². The van der Waals surface area contributed by atoms with E-state index >= 15 is 0 Å². The quantitative estimate of drug-likeness (QED) is 0.591. The molecule has 0 fully saturated rings. The number of carbonyl (C=O) groups excluding carboxylic acids is 1. The number of nitrogen functional groups attached to an aromatic ring is 1. The topological polar surface area (TPSA) is 93.4 Å². The molecule has 0 spiro atoms. The Morgan fingerprint density at radius 3 is 2.70 bits per heavy atom. The van der Waals surface area contributed by atoms with Gasteiger partial charge in [-0.15, -0.1) is 0 Å². The second-order valence-electron chi connectivity index (χ2n) is 5.66. The van der Waals surface area contributed by atoms with Gasteiger partial charge in [-0.3, -0.25) is 0 Å². The lowest BCUT2D eigenvalue weighted by Gasteiger charge is -2.23. The van der Waals surface area contributed by atoms with Crippen LogP contribution in [0.15, 0.2) is 59.3 Å². The minimum absolute atomic E-state index is 0.361. The van der Waals surface area contributed by atoms with E-state index in [9.17, 15) is 4.79 Å². The van der Waals surface area contributed by atoms with Crippen LogP contribution in [0, 0.1) is 0 Å². The van der Waals surface area contributed by atoms with Crippen molar-refractivity contribution >= 4 is 50.6 Å². The summed E-state index contributed by atoms with van der Waals surface area (Å²) in [4.78, 5) is 22.3. The van der Waals surface area contributed by atoms with Gasteiger partial charge in [-0.2, -0.15) is 0 Å². The zero-order valence-electron chi connectivity index (χ0n) is 14.8. The summed E-state index contributed by atoms with van der Waals surface area (Å²) in [5.41, 5.74) is 8.55. The van der Waals surface area contributed by atoms with Crippen LogP contribution in [0.2, 0.25) is 0 Å². The van der Waals surface area contributed by atoms with E-state index in [1.807, 2.05) is 30.3 Å². The molecule has 0 bridgehead atoms. The Hall–Kier alpha value is -3.13. The number of aromatic nitrogens is 2. The number of methoxy groups -OCH3 is 1. The van der Waals surface area contributed by atoms with Gasteiger partial charge in [-0.1, -0.05) is 34.1 Å². The van der Waals surface area contributed by atoms with Gasteiger partial charge in [-0.05, 0) is 30.3 Å². The first-order valence-corrected chi connectivity index (χ1v) is 8.84. The van der Waals surface area contributed by atoms with Crippen LogP contribution in [0.4, 0.5) is 28.7 Å². The molecule has 0 radical (unpaired) electrons. The molecule has 27 heavy (non-hydrogen) atoms. The third-order valence-electron chi connectivity index (χ3n) is 3.94. The van der Waals surface area contributed by atoms with Crippen molar-refractivity contribution in [3.8, 4) is 0 Å². The standard InChI is InChI=1S/C19H18BrN5O2/c1-25(15-9-4-3-8-14(15)19(26)27-2)18-16(21)17(22-11-23-18)24-13-7-5-6-12(20)10-13/h3-11H,21H2,1-2H3,(H,22,23,24). The zero-order valence-corrected chi connectivity index (χ0v) is 16.4. The number of para-hydroxylation sites is 1. The van der Waals surface area contributed by atoms with E-state index in [2.05, 4.69) is 31.2 Å². The van der Waals surface area contributed by atoms with Crippen LogP contribution in [-0.4, -0.2) is 30.1 Å². The number of halogens is 1. The molecule has 1 heterocycles. The molecule has 0 aliphatic rings. The van der Waals surface area contributed by atoms with Gasteiger partial charge >= 0.3 is 5.97 Å². The Morgan fingerprint density at radius 2 is 1.96 bits per heavy atom. The second kappa shape index (κ2) is 8.05. The van der Waals surface area contributed by atoms with E-state index < -0.39 is 5.97 Å². The Bertz CT molecular complexity index is 980. The van der Waals surface area contributed by atoms with E-state index in [-0.39, 0.29) is 0 Å². The predicted molar refractivity (Wildman–Crippen MR) is 110 cm³/mol. The smallest absolute Gasteiger partial charge is 0.339 e. The van der Waals surface area contributed by atoms with Gasteiger partial charge in [0.1, 0.15) is 12.0 Å². The first-order valence-electron chi connectivity index (χ1n) is 8.05. The van der Waals surface area contributed by atoms with Crippen LogP contribution in [-0.2, 0) is 4.74 Å². The third kappa shape index (κ3) is 4.01. The van der Waals surface area contributed by atoms with Crippen molar-refractivity contribution in [3.05, 3.63) is 64.9 Å². The number of hydrogen-bond donors (Lipinski definition) is 2. The number of carbonyl (C=O) groups is 1. The highest BCUT2D eigenvalue weighted by Gasteiger charge is 2.19. The largest absolute Gasteiger partial charge is 0.465 e. The fourth-order valence-electron chi connectivity index (χ4n) is 2.62. The summed E-state index contributed by atoms with van der Waals surface area (Å²) in [6, 6.07) is 14.7. The number of nitrogens with two attached hydrogens (primary N) is 1. The highest BCUT2D eigenvalue weighted by molar-refractivity contribution is 9.10. The lowest BCUT2D eigenvalue weighted by molar-refractivity contribution is 0.0601. The van der Waals surface area contributed by atoms with Crippen LogP contribution in [0.3, 0.4) is 0 Å². The molecule has 3 aromatic rings. The summed E-state index contributed by atoms with van der Waals surface area (Å²) in [7, 11) is 3.13. The monoisotopic (exact) mass is 427 g/mol. The molecular weight excluding hydrogens is 410 g/mol. The van der Waals surface area contributed by atoms with E-state index in [1.54, 1.807) is 30.1 Å². The third-order valence-corrected chi connectivity index (χ3v) is 4.43. The summed E-state index contributed by atoms with van der Waals surface area (Å²) >= 11 is 3.43. The molecule has 2 aromatic carbocycles. The lowest BCUT2D eigenvalue weighted by Crippen LogP contribution is -2.18. The maximum atomic E-state index is 12.1. The number of ether oxygens (including phenoxy) is 1. The highest BCUT2D eigenvalue weighted by atomic mass is 79.9. The van der Waals surface area contributed by atoms with Crippen molar-refractivity contribution in [1.82, 2.24) is 9.97 Å². The van der Waals surface area contributed by atoms with Gasteiger partial charge in [-0.25, -0.2) is 14.8 Å². The first kappa shape index (κ1) is 18.7. The molecule has 0 atom stereocenters. The van der Waals surface area contributed by atoms with Crippen LogP contribution in [0.25, 0.3) is 0 Å². The summed E-state index contributed by atoms with van der Waals surface area (Å²) in [5, 5.41) is 3.18. The van der Waals surface area contributed by atoms with Crippen molar-refractivity contribution in [3.63, 3.8) is 0 Å². The normalized spacial score (nSPS) is 10.3. The fraction of sp³-hybridized carbons (Fsp3) is 0.105. The minimum atomic E-state index is -0.433. The molecule has 0 aliphatic heterocycles. The molecule has 8 heteroatoms. The Balaban J connectivity index is 1.97. The van der Waals surface area contributed by atoms with Crippen molar-refractivity contribution < 1.29 is 9.53 Å². The number of nitrogens with zero attached hydrogens (tertiary/aromatic N) is 3. The molecular formula is C19H18BrN5O2. The van der Waals surface area contributed by atoms with Crippen LogP contribution < -0.4 is 16.0 Å². The molecule has 1 aromatic heterocycles. The van der Waals surface area contributed by atoms with E-state index in [4.69, 9.17) is 10.5 Å². The first-order chi connectivity index (χ1) is 13.0. The average molecular weight is 428 g/mol. The highest BCUT2D eigenvalue weighted by Crippen LogP contribution is 2.33. The SMILES string of the molecule is COC(=O)c1ccccc1N(C)c1ncnc(Nc2cccc(Br)c2)c1N. The van der Waals surface area contributed by atoms with Gasteiger partial charge < -0.3 is 20.7 Å². The zero-order chi connectivity index (χ0) is 19.4. The molecule has 138 valence electrons. The summed E-state index contributed by atoms with van der Waals surface area (Å²) in [6.07, 6.45) is 1.42. The predicted octanol–water partition coefficient (Wildman–Crippen LogP) is 4.12. The van der Waals surface area contributed by atoms with Crippen molar-refractivity contribution in [2.45, 2.75) is 0 Å². The fourth-order valence-corrected chi connectivity index (χ4v) is 3.02. The molecule has 3 N–H and O–H groups in total. The molecule has 0 saturated heterocycles. The minimum Gasteiger partial charge on any atom is -0.465 e. The number of benzene rings is 2. The Kier molecular flexibility index (Phi) is 5.56. The van der Waals surface area contributed by atoms with E-state index in [0.717, 1.165) is 10.2 Å². The second-order valence-corrected chi connectivity index (χ2v) is 6.58. The molecule has 7 nitrogen and oxygen atoms in total. The Labute approximate surface area is 165 Å². The van der Waals surface area contributed by atoms with E-state index in [1.165, 1.54) is 13.4 Å². The molecule has 0 aliphatic carbocycles. The van der Waals surface area contributed by atoms with Gasteiger partial charge in [0, 0.05) is 17.2 Å². The molecule has 0 unspecified atom stereocenters. The number of esters is 1. The number of rotatable bonds is 5. The maximum Gasteiger partial charge on any atom is 0.339 e. The van der Waals surface area contributed by atoms with Gasteiger partial charge in [0.25, 0.3) is 0 Å². The molecule has 3 rings (SSSR count). The van der Waals surface area contributed by atoms with Crippen LogP contribution in [0.5, 0.6) is 0 Å². The van der Waals surface area contributed by atoms with Gasteiger partial charge in [0.05, 0.1) is 18.4 Å². The lowest BCUT2D eigenvalue weighted by atomic mass is 10.1. The summed E-state index contributed by atoms with van der Waals surface area (Å²) in [5.74, 6) is 0.511. The number of hydrogen-bond acceptors (Lipinski definition) is 7. The molecule has 0 saturated carbocycles. The van der Waals surface area contributed by atoms with Crippen molar-refractivity contribution in [2.75, 3.05) is 30.1 Å². The average Bonchev–Trinajstić information content (AvgIpc) is 2.68. The Morgan fingerprint density at radius 1 is 1.19 bits per heavy atom. The number of anilines is 5. The molecule has 0 amide bonds. The van der Waals surface area contributed by atoms with Gasteiger partial charge in [0.15, 0.2) is 11.6 Å². The van der Waals surface area contributed by atoms with Crippen LogP contribution in [0.1, 0.15) is 10.4 Å². The number of nitrogens with one attached hydrogen (secondary N) is 1. The summed E-state index contributed by atoms with van der Waals surface area (Å²) < 4.78 is 5.80. The maximum absolute atomic E-state index is 12.1. The summed E-state index contributed by atoms with van der Waals surface area (Å²) in [6.45, 7) is 0. The van der Waals surface area contributed by atoms with E-state index in [0.29, 0.717) is 28.6 Å².